The van der Waals surface area contributed by atoms with Crippen LogP contribution in [0.4, 0.5) is 0 Å². The Morgan fingerprint density at radius 3 is 2.22 bits per heavy atom. The molecule has 0 unspecified atom stereocenters. The van der Waals surface area contributed by atoms with Gasteiger partial charge in [0, 0.05) is 19.4 Å². The fourth-order valence-corrected chi connectivity index (χ4v) is 1.60. The third-order valence-corrected chi connectivity index (χ3v) is 2.84. The molecule has 0 saturated heterocycles. The van der Waals surface area contributed by atoms with E-state index in [9.17, 15) is 9.59 Å². The van der Waals surface area contributed by atoms with Gasteiger partial charge in [-0.1, -0.05) is 38.1 Å². The molecule has 3 heteroatoms. The average Bonchev–Trinajstić information content (AvgIpc) is 2.34. The van der Waals surface area contributed by atoms with Crippen LogP contribution in [0, 0.1) is 0 Å². The smallest absolute Gasteiger partial charge is 0.220 e. The molecule has 3 nitrogen and oxygen atoms in total. The van der Waals surface area contributed by atoms with Gasteiger partial charge in [-0.3, -0.25) is 4.79 Å². The van der Waals surface area contributed by atoms with E-state index in [0.29, 0.717) is 18.9 Å². The van der Waals surface area contributed by atoms with Gasteiger partial charge in [0.25, 0.3) is 0 Å². The predicted molar refractivity (Wildman–Crippen MR) is 72.3 cm³/mol. The molecule has 1 aromatic carbocycles. The number of nitrogens with one attached hydrogen (secondary N) is 1. The van der Waals surface area contributed by atoms with Crippen LogP contribution in [0.25, 0.3) is 0 Å². The second-order valence-electron chi connectivity index (χ2n) is 4.88. The molecule has 1 N–H and O–H groups in total. The van der Waals surface area contributed by atoms with Gasteiger partial charge in [0.2, 0.25) is 5.91 Å². The van der Waals surface area contributed by atoms with Gasteiger partial charge in [-0.05, 0) is 24.0 Å². The van der Waals surface area contributed by atoms with Gasteiger partial charge in [-0.25, -0.2) is 0 Å². The molecule has 0 saturated carbocycles. The lowest BCUT2D eigenvalue weighted by Gasteiger charge is -2.08. The highest BCUT2D eigenvalue weighted by Crippen LogP contribution is 2.14. The summed E-state index contributed by atoms with van der Waals surface area (Å²) in [6, 6.07) is 8.23. The van der Waals surface area contributed by atoms with Crippen molar-refractivity contribution in [2.24, 2.45) is 0 Å². The summed E-state index contributed by atoms with van der Waals surface area (Å²) < 4.78 is 0. The maximum atomic E-state index is 11.4. The number of Topliss-reactive ketones (excluding diaryl/α,β-unsaturated/α-hetero) is 1. The van der Waals surface area contributed by atoms with Gasteiger partial charge in [0.05, 0.1) is 0 Å². The van der Waals surface area contributed by atoms with Crippen LogP contribution >= 0.6 is 0 Å². The largest absolute Gasteiger partial charge is 0.352 e. The van der Waals surface area contributed by atoms with Crippen molar-refractivity contribution < 1.29 is 9.59 Å². The van der Waals surface area contributed by atoms with Crippen molar-refractivity contribution in [2.75, 3.05) is 0 Å². The molecule has 0 aliphatic rings. The van der Waals surface area contributed by atoms with E-state index >= 15 is 0 Å². The number of hydrogen-bond acceptors (Lipinski definition) is 2. The van der Waals surface area contributed by atoms with Crippen molar-refractivity contribution in [3.05, 3.63) is 35.4 Å². The molecule has 0 aromatic heterocycles. The SMILES string of the molecule is CC(=O)CCC(=O)NCc1ccc(C(C)C)cc1. The van der Waals surface area contributed by atoms with E-state index in [1.165, 1.54) is 12.5 Å². The molecule has 0 heterocycles. The van der Waals surface area contributed by atoms with E-state index in [4.69, 9.17) is 0 Å². The Balaban J connectivity index is 2.39. The highest BCUT2D eigenvalue weighted by molar-refractivity contribution is 5.83. The Labute approximate surface area is 109 Å². The number of ketones is 1. The Morgan fingerprint density at radius 1 is 1.11 bits per heavy atom. The minimum absolute atomic E-state index is 0.0476. The molecule has 98 valence electrons. The van der Waals surface area contributed by atoms with Crippen LogP contribution < -0.4 is 5.32 Å². The zero-order valence-corrected chi connectivity index (χ0v) is 11.3. The number of amides is 1. The van der Waals surface area contributed by atoms with Crippen LogP contribution in [0.2, 0.25) is 0 Å². The molecule has 18 heavy (non-hydrogen) atoms. The number of carbonyl (C=O) groups is 2. The van der Waals surface area contributed by atoms with Crippen LogP contribution in [-0.2, 0) is 16.1 Å². The van der Waals surface area contributed by atoms with Crippen LogP contribution in [0.15, 0.2) is 24.3 Å². The zero-order valence-electron chi connectivity index (χ0n) is 11.3. The standard InChI is InChI=1S/C15H21NO2/c1-11(2)14-7-5-13(6-8-14)10-16-15(18)9-4-12(3)17/h5-8,11H,4,9-10H2,1-3H3,(H,16,18). The summed E-state index contributed by atoms with van der Waals surface area (Å²) in [5.41, 5.74) is 2.37. The van der Waals surface area contributed by atoms with E-state index in [0.717, 1.165) is 5.56 Å². The van der Waals surface area contributed by atoms with Crippen molar-refractivity contribution in [2.45, 2.75) is 46.1 Å². The van der Waals surface area contributed by atoms with Crippen molar-refractivity contribution in [3.8, 4) is 0 Å². The maximum absolute atomic E-state index is 11.4. The molecule has 0 radical (unpaired) electrons. The predicted octanol–water partition coefficient (Wildman–Crippen LogP) is 2.80. The molecule has 1 aromatic rings. The van der Waals surface area contributed by atoms with E-state index in [2.05, 4.69) is 31.3 Å². The molecule has 0 atom stereocenters. The molecular weight excluding hydrogens is 226 g/mol. The number of carbonyl (C=O) groups excluding carboxylic acids is 2. The molecule has 0 aliphatic heterocycles. The van der Waals surface area contributed by atoms with Gasteiger partial charge < -0.3 is 10.1 Å². The van der Waals surface area contributed by atoms with E-state index in [-0.39, 0.29) is 18.1 Å². The van der Waals surface area contributed by atoms with E-state index < -0.39 is 0 Å². The van der Waals surface area contributed by atoms with Crippen LogP contribution in [0.5, 0.6) is 0 Å². The summed E-state index contributed by atoms with van der Waals surface area (Å²) in [6.45, 7) is 6.32. The monoisotopic (exact) mass is 247 g/mol. The third-order valence-electron chi connectivity index (χ3n) is 2.84. The molecular formula is C15H21NO2. The van der Waals surface area contributed by atoms with Crippen molar-refractivity contribution >= 4 is 11.7 Å². The van der Waals surface area contributed by atoms with Crippen LogP contribution in [0.3, 0.4) is 0 Å². The molecule has 0 fully saturated rings. The Morgan fingerprint density at radius 2 is 1.72 bits per heavy atom. The average molecular weight is 247 g/mol. The minimum atomic E-state index is -0.0712. The fraction of sp³-hybridized carbons (Fsp3) is 0.467. The van der Waals surface area contributed by atoms with Crippen LogP contribution in [0.1, 0.15) is 50.7 Å². The molecule has 0 aliphatic carbocycles. The third kappa shape index (κ3) is 5.13. The van der Waals surface area contributed by atoms with E-state index in [1.54, 1.807) is 0 Å². The zero-order chi connectivity index (χ0) is 13.5. The lowest BCUT2D eigenvalue weighted by atomic mass is 10.0. The minimum Gasteiger partial charge on any atom is -0.352 e. The Hall–Kier alpha value is -1.64. The molecule has 1 rings (SSSR count). The number of benzene rings is 1. The summed E-state index contributed by atoms with van der Waals surface area (Å²) >= 11 is 0. The molecule has 0 bridgehead atoms. The quantitative estimate of drug-likeness (QED) is 0.840. The first-order chi connectivity index (χ1) is 8.49. The normalized spacial score (nSPS) is 10.4. The number of hydrogen-bond donors (Lipinski definition) is 1. The Kier molecular flexibility index (Phi) is 5.56. The summed E-state index contributed by atoms with van der Waals surface area (Å²) in [7, 11) is 0. The topological polar surface area (TPSA) is 46.2 Å². The number of rotatable bonds is 6. The van der Waals surface area contributed by atoms with Crippen molar-refractivity contribution in [1.29, 1.82) is 0 Å². The van der Waals surface area contributed by atoms with Gasteiger partial charge in [0.15, 0.2) is 0 Å². The first kappa shape index (κ1) is 14.4. The lowest BCUT2D eigenvalue weighted by Crippen LogP contribution is -2.22. The van der Waals surface area contributed by atoms with Crippen LogP contribution in [-0.4, -0.2) is 11.7 Å². The fourth-order valence-electron chi connectivity index (χ4n) is 1.60. The van der Waals surface area contributed by atoms with Crippen molar-refractivity contribution in [1.82, 2.24) is 5.32 Å². The second kappa shape index (κ2) is 6.94. The molecule has 0 spiro atoms. The summed E-state index contributed by atoms with van der Waals surface area (Å²) in [5, 5.41) is 2.81. The van der Waals surface area contributed by atoms with E-state index in [1.807, 2.05) is 12.1 Å². The van der Waals surface area contributed by atoms with Gasteiger partial charge in [-0.2, -0.15) is 0 Å². The van der Waals surface area contributed by atoms with Gasteiger partial charge in [0.1, 0.15) is 5.78 Å². The summed E-state index contributed by atoms with van der Waals surface area (Å²) in [6.07, 6.45) is 0.595. The highest BCUT2D eigenvalue weighted by atomic mass is 16.2. The van der Waals surface area contributed by atoms with Crippen molar-refractivity contribution in [3.63, 3.8) is 0 Å². The van der Waals surface area contributed by atoms with Gasteiger partial charge in [-0.15, -0.1) is 0 Å². The summed E-state index contributed by atoms with van der Waals surface area (Å²) in [4.78, 5) is 22.2. The summed E-state index contributed by atoms with van der Waals surface area (Å²) in [5.74, 6) is 0.494. The Bertz CT molecular complexity index is 407. The van der Waals surface area contributed by atoms with Gasteiger partial charge >= 0.3 is 0 Å². The lowest BCUT2D eigenvalue weighted by molar-refractivity contribution is -0.124. The maximum Gasteiger partial charge on any atom is 0.220 e. The first-order valence-electron chi connectivity index (χ1n) is 6.34. The second-order valence-corrected chi connectivity index (χ2v) is 4.88. The molecule has 1 amide bonds. The first-order valence-corrected chi connectivity index (χ1v) is 6.34. The highest BCUT2D eigenvalue weighted by Gasteiger charge is 2.04.